The molecule has 0 unspecified atom stereocenters. The van der Waals surface area contributed by atoms with Crippen molar-refractivity contribution < 1.29 is 14.3 Å². The summed E-state index contributed by atoms with van der Waals surface area (Å²) in [6, 6.07) is 15.2. The third-order valence-corrected chi connectivity index (χ3v) is 6.84. The van der Waals surface area contributed by atoms with Crippen LogP contribution >= 0.6 is 24.0 Å². The van der Waals surface area contributed by atoms with Crippen molar-refractivity contribution in [1.29, 1.82) is 0 Å². The van der Waals surface area contributed by atoms with Crippen LogP contribution in [-0.4, -0.2) is 73.3 Å². The Morgan fingerprint density at radius 1 is 0.882 bits per heavy atom. The summed E-state index contributed by atoms with van der Waals surface area (Å²) in [5.74, 6) is 0.586. The fourth-order valence-corrected chi connectivity index (χ4v) is 5.02. The van der Waals surface area contributed by atoms with Crippen LogP contribution < -0.4 is 0 Å². The second-order valence-electron chi connectivity index (χ2n) is 9.05. The molecule has 2 aliphatic carbocycles. The van der Waals surface area contributed by atoms with Crippen molar-refractivity contribution in [3.05, 3.63) is 81.6 Å². The summed E-state index contributed by atoms with van der Waals surface area (Å²) < 4.78 is 6.03. The van der Waals surface area contributed by atoms with Gasteiger partial charge in [-0.05, 0) is 75.7 Å². The van der Waals surface area contributed by atoms with Crippen molar-refractivity contribution >= 4 is 65.1 Å². The first-order valence-electron chi connectivity index (χ1n) is 11.4. The molecule has 0 heterocycles. The number of hydrogen-bond acceptors (Lipinski definition) is 4. The van der Waals surface area contributed by atoms with Gasteiger partial charge in [0, 0.05) is 57.8 Å². The van der Waals surface area contributed by atoms with Crippen LogP contribution in [0.2, 0.25) is 5.02 Å². The Hall–Kier alpha value is -1.14. The van der Waals surface area contributed by atoms with Gasteiger partial charge < -0.3 is 9.64 Å². The van der Waals surface area contributed by atoms with Gasteiger partial charge in [0.05, 0.1) is 6.61 Å². The maximum atomic E-state index is 13.5. The first-order valence-corrected chi connectivity index (χ1v) is 11.8. The largest absolute Gasteiger partial charge is 0.489 e. The number of ether oxygens (including phenoxy) is 1. The molecule has 0 N–H and O–H groups in total. The monoisotopic (exact) mass is 510 g/mol. The molecular weight excluding hydrogens is 480 g/mol. The SMILES string of the molecule is CN(C)CCCOC1=C(C2CCC(c3ccc(Cl)cc3)CC2)C(=O)c2ccccc2C1=O.Cl.[Na]. The predicted octanol–water partition coefficient (Wildman–Crippen LogP) is 5.96. The van der Waals surface area contributed by atoms with E-state index in [9.17, 15) is 9.59 Å². The topological polar surface area (TPSA) is 46.6 Å². The zero-order valence-corrected chi connectivity index (χ0v) is 23.8. The van der Waals surface area contributed by atoms with E-state index in [0.717, 1.165) is 43.7 Å². The normalized spacial score (nSPS) is 19.9. The summed E-state index contributed by atoms with van der Waals surface area (Å²) in [5, 5.41) is 0.744. The number of allylic oxidation sites excluding steroid dienone is 2. The molecule has 0 aromatic heterocycles. The minimum absolute atomic E-state index is 0. The summed E-state index contributed by atoms with van der Waals surface area (Å²) in [7, 11) is 4.02. The van der Waals surface area contributed by atoms with E-state index < -0.39 is 0 Å². The summed E-state index contributed by atoms with van der Waals surface area (Å²) in [4.78, 5) is 28.9. The molecule has 0 spiro atoms. The van der Waals surface area contributed by atoms with Gasteiger partial charge in [-0.1, -0.05) is 48.0 Å². The molecule has 177 valence electrons. The van der Waals surface area contributed by atoms with E-state index in [0.29, 0.717) is 29.2 Å². The van der Waals surface area contributed by atoms with E-state index in [1.165, 1.54) is 5.56 Å². The first kappa shape index (κ1) is 29.1. The van der Waals surface area contributed by atoms with Crippen molar-refractivity contribution in [2.75, 3.05) is 27.2 Å². The number of rotatable bonds is 7. The van der Waals surface area contributed by atoms with Gasteiger partial charge in [0.15, 0.2) is 11.5 Å². The molecule has 2 aromatic carbocycles. The molecule has 1 fully saturated rings. The fourth-order valence-electron chi connectivity index (χ4n) is 4.89. The Morgan fingerprint density at radius 3 is 2.03 bits per heavy atom. The molecule has 0 aliphatic heterocycles. The number of carbonyl (C=O) groups is 2. The zero-order chi connectivity index (χ0) is 22.7. The van der Waals surface area contributed by atoms with Crippen molar-refractivity contribution in [3.63, 3.8) is 0 Å². The van der Waals surface area contributed by atoms with Crippen LogP contribution in [0.1, 0.15) is 64.3 Å². The summed E-state index contributed by atoms with van der Waals surface area (Å²) >= 11 is 6.04. The average molecular weight is 511 g/mol. The average Bonchev–Trinajstić information content (AvgIpc) is 2.80. The van der Waals surface area contributed by atoms with Gasteiger partial charge in [0.2, 0.25) is 5.78 Å². The predicted molar refractivity (Wildman–Crippen MR) is 140 cm³/mol. The summed E-state index contributed by atoms with van der Waals surface area (Å²) in [6.45, 7) is 1.30. The van der Waals surface area contributed by atoms with Gasteiger partial charge in [-0.15, -0.1) is 12.4 Å². The van der Waals surface area contributed by atoms with Crippen LogP contribution in [0.15, 0.2) is 59.9 Å². The number of benzene rings is 2. The molecule has 7 heteroatoms. The second-order valence-corrected chi connectivity index (χ2v) is 9.49. The van der Waals surface area contributed by atoms with Gasteiger partial charge in [0.25, 0.3) is 0 Å². The van der Waals surface area contributed by atoms with Crippen molar-refractivity contribution in [1.82, 2.24) is 4.90 Å². The molecule has 0 atom stereocenters. The smallest absolute Gasteiger partial charge is 0.228 e. The molecule has 1 radical (unpaired) electrons. The van der Waals surface area contributed by atoms with E-state index in [4.69, 9.17) is 16.3 Å². The molecule has 0 saturated heterocycles. The Labute approximate surface area is 235 Å². The quantitative estimate of drug-likeness (QED) is 0.340. The van der Waals surface area contributed by atoms with Gasteiger partial charge in [-0.25, -0.2) is 0 Å². The Bertz CT molecular complexity index is 1030. The molecule has 4 nitrogen and oxygen atoms in total. The number of hydrogen-bond donors (Lipinski definition) is 0. The van der Waals surface area contributed by atoms with Crippen LogP contribution in [-0.2, 0) is 4.74 Å². The van der Waals surface area contributed by atoms with Crippen LogP contribution in [0.3, 0.4) is 0 Å². The van der Waals surface area contributed by atoms with Crippen LogP contribution in [0.5, 0.6) is 0 Å². The van der Waals surface area contributed by atoms with Crippen LogP contribution in [0.25, 0.3) is 0 Å². The minimum atomic E-state index is -0.153. The molecular formula is C27H31Cl2NNaO3. The summed E-state index contributed by atoms with van der Waals surface area (Å²) in [5.41, 5.74) is 2.85. The number of ketones is 2. The minimum Gasteiger partial charge on any atom is -0.489 e. The number of fused-ring (bicyclic) bond motifs is 1. The fraction of sp³-hybridized carbons (Fsp3) is 0.407. The summed E-state index contributed by atoms with van der Waals surface area (Å²) in [6.07, 6.45) is 4.50. The third kappa shape index (κ3) is 6.54. The van der Waals surface area contributed by atoms with E-state index in [1.807, 2.05) is 32.3 Å². The van der Waals surface area contributed by atoms with Crippen LogP contribution in [0, 0.1) is 5.92 Å². The Balaban J connectivity index is 0.00000204. The molecule has 2 aromatic rings. The standard InChI is InChI=1S/C27H30ClNO3.ClH.Na/c1-29(2)16-5-17-32-27-24(25(30)22-6-3-4-7-23(22)26(27)31)20-10-8-18(9-11-20)19-12-14-21(28)15-13-19;;/h3-4,6-7,12-15,18,20H,5,8-11,16-17H2,1-2H3;1H;. The number of Topliss-reactive ketones (excluding diaryl/α,β-unsaturated/α-hetero) is 2. The van der Waals surface area contributed by atoms with E-state index in [1.54, 1.807) is 18.2 Å². The van der Waals surface area contributed by atoms with Crippen molar-refractivity contribution in [2.45, 2.75) is 38.0 Å². The Morgan fingerprint density at radius 2 is 1.44 bits per heavy atom. The molecule has 2 aliphatic rings. The zero-order valence-electron chi connectivity index (χ0n) is 20.2. The molecule has 34 heavy (non-hydrogen) atoms. The molecule has 0 bridgehead atoms. The van der Waals surface area contributed by atoms with Gasteiger partial charge in [-0.3, -0.25) is 9.59 Å². The maximum absolute atomic E-state index is 13.5. The van der Waals surface area contributed by atoms with Crippen LogP contribution in [0.4, 0.5) is 0 Å². The van der Waals surface area contributed by atoms with Crippen molar-refractivity contribution in [2.24, 2.45) is 5.92 Å². The molecule has 0 amide bonds. The van der Waals surface area contributed by atoms with E-state index in [-0.39, 0.29) is 65.2 Å². The van der Waals surface area contributed by atoms with Crippen molar-refractivity contribution in [3.8, 4) is 0 Å². The molecule has 1 saturated carbocycles. The number of nitrogens with zero attached hydrogens (tertiary/aromatic N) is 1. The van der Waals surface area contributed by atoms with Gasteiger partial charge in [-0.2, -0.15) is 0 Å². The molecule has 4 rings (SSSR count). The van der Waals surface area contributed by atoms with E-state index >= 15 is 0 Å². The van der Waals surface area contributed by atoms with Gasteiger partial charge >= 0.3 is 0 Å². The first-order chi connectivity index (χ1) is 15.5. The Kier molecular flexibility index (Phi) is 11.3. The van der Waals surface area contributed by atoms with E-state index in [2.05, 4.69) is 17.0 Å². The van der Waals surface area contributed by atoms with Gasteiger partial charge in [0.1, 0.15) is 0 Å². The second kappa shape index (κ2) is 13.2. The maximum Gasteiger partial charge on any atom is 0.228 e. The third-order valence-electron chi connectivity index (χ3n) is 6.58. The number of carbonyl (C=O) groups excluding carboxylic acids is 2. The number of halogens is 2.